The van der Waals surface area contributed by atoms with E-state index in [2.05, 4.69) is 19.0 Å². The molecule has 1 aliphatic carbocycles. The van der Waals surface area contributed by atoms with Crippen LogP contribution in [0.5, 0.6) is 0 Å². The molecule has 3 saturated heterocycles. The van der Waals surface area contributed by atoms with Crippen molar-refractivity contribution >= 4 is 23.6 Å². The highest BCUT2D eigenvalue weighted by Gasteiger charge is 2.64. The van der Waals surface area contributed by atoms with Gasteiger partial charge in [0.05, 0.1) is 17.8 Å². The van der Waals surface area contributed by atoms with Gasteiger partial charge in [0.2, 0.25) is 0 Å². The van der Waals surface area contributed by atoms with Crippen LogP contribution in [0.4, 0.5) is 0 Å². The molecule has 5 aliphatic rings. The van der Waals surface area contributed by atoms with Gasteiger partial charge in [-0.2, -0.15) is 0 Å². The lowest BCUT2D eigenvalue weighted by atomic mass is 9.70. The van der Waals surface area contributed by atoms with Crippen LogP contribution in [0.2, 0.25) is 0 Å². The smallest absolute Gasteiger partial charge is 0.361 e. The molecule has 0 saturated carbocycles. The van der Waals surface area contributed by atoms with Gasteiger partial charge >= 0.3 is 17.9 Å². The van der Waals surface area contributed by atoms with Crippen molar-refractivity contribution in [3.05, 3.63) is 83.0 Å². The number of hydrogen-bond acceptors (Lipinski definition) is 12. The van der Waals surface area contributed by atoms with Crippen molar-refractivity contribution in [3.8, 4) is 0 Å². The van der Waals surface area contributed by atoms with Gasteiger partial charge in [-0.3, -0.25) is 4.79 Å². The minimum atomic E-state index is -2.22. The maximum absolute atomic E-state index is 14.1. The predicted molar refractivity (Wildman–Crippen MR) is 193 cm³/mol. The third-order valence-corrected chi connectivity index (χ3v) is 11.3. The highest BCUT2D eigenvalue weighted by molar-refractivity contribution is 6.43. The average molecular weight is 734 g/mol. The first-order valence-electron chi connectivity index (χ1n) is 18.6. The topological polar surface area (TPSA) is 159 Å². The summed E-state index contributed by atoms with van der Waals surface area (Å²) in [7, 11) is 1.35. The van der Waals surface area contributed by atoms with Crippen molar-refractivity contribution in [3.63, 3.8) is 0 Å². The lowest BCUT2D eigenvalue weighted by Gasteiger charge is -2.49. The van der Waals surface area contributed by atoms with Crippen LogP contribution in [-0.4, -0.2) is 89.0 Å². The molecule has 2 bridgehead atoms. The first kappa shape index (κ1) is 38.6. The maximum Gasteiger partial charge on any atom is 0.361 e. The van der Waals surface area contributed by atoms with Gasteiger partial charge in [-0.1, -0.05) is 80.6 Å². The lowest BCUT2D eigenvalue weighted by molar-refractivity contribution is -0.335. The summed E-state index contributed by atoms with van der Waals surface area (Å²) in [6.45, 7) is 9.57. The molecule has 4 heterocycles. The summed E-state index contributed by atoms with van der Waals surface area (Å²) in [4.78, 5) is 46.2. The lowest BCUT2D eigenvalue weighted by Crippen LogP contribution is -2.58. The second-order valence-electron chi connectivity index (χ2n) is 15.0. The van der Waals surface area contributed by atoms with Gasteiger partial charge in [-0.05, 0) is 56.3 Å². The number of carbonyl (C=O) groups excluding carboxylic acids is 3. The number of aliphatic hydroxyl groups excluding tert-OH is 1. The molecule has 12 nitrogen and oxygen atoms in total. The van der Waals surface area contributed by atoms with Gasteiger partial charge in [-0.25, -0.2) is 9.59 Å². The molecule has 7 unspecified atom stereocenters. The van der Waals surface area contributed by atoms with Crippen LogP contribution >= 0.6 is 0 Å². The summed E-state index contributed by atoms with van der Waals surface area (Å²) in [5.74, 6) is -4.76. The predicted octanol–water partition coefficient (Wildman–Crippen LogP) is 5.02. The SMILES string of the molecule is CCC1OC2(CC[C@@H]1C)CC1CC(C/C=C(\C)C(OC(=O)/C(=N\OC)c3ccccc3)[C@@H](C)/C=C/C=C3\C(=O)OC4[C@H](O)C(C)=CC(C(=O)O1)[C@]34O)O2. The molecular formula is C41H51NO11. The van der Waals surface area contributed by atoms with Gasteiger partial charge in [0.25, 0.3) is 0 Å². The Morgan fingerprint density at radius 3 is 2.53 bits per heavy atom. The van der Waals surface area contributed by atoms with Gasteiger partial charge in [0, 0.05) is 30.7 Å². The van der Waals surface area contributed by atoms with Gasteiger partial charge < -0.3 is 38.7 Å². The molecule has 1 aromatic carbocycles. The number of hydrogen-bond donors (Lipinski definition) is 2. The largest absolute Gasteiger partial charge is 0.462 e. The fraction of sp³-hybridized carbons (Fsp3) is 0.561. The van der Waals surface area contributed by atoms with E-state index in [-0.39, 0.29) is 17.4 Å². The number of oxime groups is 1. The molecule has 12 heteroatoms. The van der Waals surface area contributed by atoms with E-state index >= 15 is 0 Å². The van der Waals surface area contributed by atoms with E-state index in [4.69, 9.17) is 28.5 Å². The number of rotatable bonds is 5. The third kappa shape index (κ3) is 7.64. The molecule has 53 heavy (non-hydrogen) atoms. The maximum atomic E-state index is 14.1. The van der Waals surface area contributed by atoms with Crippen molar-refractivity contribution in [2.45, 2.75) is 121 Å². The number of esters is 3. The molecule has 0 amide bonds. The first-order valence-corrected chi connectivity index (χ1v) is 18.6. The van der Waals surface area contributed by atoms with E-state index in [0.717, 1.165) is 18.4 Å². The van der Waals surface area contributed by atoms with Crippen LogP contribution in [-0.2, 0) is 42.9 Å². The van der Waals surface area contributed by atoms with E-state index in [9.17, 15) is 24.6 Å². The number of aliphatic hydroxyl groups is 2. The minimum absolute atomic E-state index is 0.00471. The van der Waals surface area contributed by atoms with Crippen molar-refractivity contribution in [1.82, 2.24) is 0 Å². The van der Waals surface area contributed by atoms with Crippen molar-refractivity contribution in [1.29, 1.82) is 0 Å². The molecule has 0 aromatic heterocycles. The highest BCUT2D eigenvalue weighted by Crippen LogP contribution is 2.48. The van der Waals surface area contributed by atoms with E-state index in [1.54, 1.807) is 43.3 Å². The van der Waals surface area contributed by atoms with Crippen molar-refractivity contribution in [2.75, 3.05) is 7.11 Å². The Morgan fingerprint density at radius 2 is 1.81 bits per heavy atom. The van der Waals surface area contributed by atoms with Crippen molar-refractivity contribution < 1.29 is 53.1 Å². The zero-order valence-corrected chi connectivity index (χ0v) is 31.2. The number of carbonyl (C=O) groups is 3. The van der Waals surface area contributed by atoms with Crippen LogP contribution in [0.25, 0.3) is 0 Å². The molecule has 286 valence electrons. The molecule has 1 spiro atoms. The molecule has 6 rings (SSSR count). The Bertz CT molecular complexity index is 1710. The zero-order chi connectivity index (χ0) is 38.1. The van der Waals surface area contributed by atoms with E-state index < -0.39 is 71.7 Å². The summed E-state index contributed by atoms with van der Waals surface area (Å²) in [5, 5.41) is 27.3. The Hall–Kier alpha value is -4.10. The molecule has 1 aromatic rings. The van der Waals surface area contributed by atoms with Crippen LogP contribution in [0.15, 0.2) is 82.6 Å². The number of ether oxygens (including phenoxy) is 5. The quantitative estimate of drug-likeness (QED) is 0.138. The first-order chi connectivity index (χ1) is 25.3. The fourth-order valence-corrected chi connectivity index (χ4v) is 8.36. The molecule has 3 fully saturated rings. The zero-order valence-electron chi connectivity index (χ0n) is 31.2. The van der Waals surface area contributed by atoms with E-state index in [0.29, 0.717) is 42.7 Å². The second kappa shape index (κ2) is 15.7. The summed E-state index contributed by atoms with van der Waals surface area (Å²) >= 11 is 0. The Morgan fingerprint density at radius 1 is 1.06 bits per heavy atom. The number of allylic oxidation sites excluding steroid dienone is 2. The standard InChI is InChI=1S/C41H51NO11/c1-7-32-23(2)18-19-40(53-32)22-29-21-28(52-40)17-16-25(4)35(50-39(46)33(42-48-6)27-13-9-8-10-14-27)24(3)12-11-15-30-37(44)51-36-34(43)26(5)20-31(38(45)49-29)41(30,36)47/h8-16,20,23-24,28-29,31-32,34-36,43,47H,7,17-19,21-22H2,1-6H3/b12-11+,25-16+,30-15+,42-33-/t23-,24-,28?,29?,31?,32?,34+,35?,36?,40?,41+/m0/s1. The Balaban J connectivity index is 1.41. The minimum Gasteiger partial charge on any atom is -0.462 e. The number of benzene rings is 1. The molecular weight excluding hydrogens is 682 g/mol. The third-order valence-electron chi connectivity index (χ3n) is 11.3. The van der Waals surface area contributed by atoms with Crippen LogP contribution in [0.3, 0.4) is 0 Å². The van der Waals surface area contributed by atoms with Gasteiger partial charge in [-0.15, -0.1) is 0 Å². The summed E-state index contributed by atoms with van der Waals surface area (Å²) in [6, 6.07) is 8.86. The molecule has 11 atom stereocenters. The Kier molecular flexibility index (Phi) is 11.4. The Labute approximate surface area is 310 Å². The fourth-order valence-electron chi connectivity index (χ4n) is 8.36. The van der Waals surface area contributed by atoms with Gasteiger partial charge in [0.15, 0.2) is 23.2 Å². The second-order valence-corrected chi connectivity index (χ2v) is 15.0. The molecule has 2 N–H and O–H groups in total. The molecule has 0 radical (unpaired) electrons. The van der Waals surface area contributed by atoms with Crippen LogP contribution in [0, 0.1) is 17.8 Å². The number of nitrogens with zero attached hydrogens (tertiary/aromatic N) is 1. The number of fused-ring (bicyclic) bond motifs is 2. The van der Waals surface area contributed by atoms with Crippen LogP contribution in [0.1, 0.15) is 78.7 Å². The normalized spacial score (nSPS) is 40.3. The van der Waals surface area contributed by atoms with E-state index in [1.807, 2.05) is 26.0 Å². The average Bonchev–Trinajstić information content (AvgIpc) is 3.40. The van der Waals surface area contributed by atoms with E-state index in [1.165, 1.54) is 19.3 Å². The highest BCUT2D eigenvalue weighted by atomic mass is 16.7. The molecule has 4 aliphatic heterocycles. The summed E-state index contributed by atoms with van der Waals surface area (Å²) < 4.78 is 31.4. The van der Waals surface area contributed by atoms with Crippen molar-refractivity contribution in [2.24, 2.45) is 22.9 Å². The van der Waals surface area contributed by atoms with Gasteiger partial charge in [0.1, 0.15) is 31.3 Å². The monoisotopic (exact) mass is 733 g/mol. The summed E-state index contributed by atoms with van der Waals surface area (Å²) in [5.41, 5.74) is -0.784. The van der Waals surface area contributed by atoms with Crippen LogP contribution < -0.4 is 0 Å². The summed E-state index contributed by atoms with van der Waals surface area (Å²) in [6.07, 6.45) is 6.73.